The molecule has 2 rings (SSSR count). The van der Waals surface area contributed by atoms with E-state index >= 15 is 0 Å². The van der Waals surface area contributed by atoms with E-state index < -0.39 is 0 Å². The van der Waals surface area contributed by atoms with Gasteiger partial charge in [-0.25, -0.2) is 4.39 Å². The molecule has 0 bridgehead atoms. The summed E-state index contributed by atoms with van der Waals surface area (Å²) in [6, 6.07) is 6.57. The predicted molar refractivity (Wildman–Crippen MR) is 72.9 cm³/mol. The van der Waals surface area contributed by atoms with Crippen LogP contribution in [0.4, 0.5) is 4.39 Å². The lowest BCUT2D eigenvalue weighted by Crippen LogP contribution is -2.22. The van der Waals surface area contributed by atoms with Crippen molar-refractivity contribution in [2.24, 2.45) is 0 Å². The minimum absolute atomic E-state index is 0.0856. The molecule has 1 aromatic carbocycles. The summed E-state index contributed by atoms with van der Waals surface area (Å²) in [6.07, 6.45) is 1.76. The summed E-state index contributed by atoms with van der Waals surface area (Å²) in [7, 11) is 1.86. The topological polar surface area (TPSA) is 29.9 Å². The Kier molecular flexibility index (Phi) is 4.14. The monoisotopic (exact) mass is 311 g/mol. The van der Waals surface area contributed by atoms with Crippen LogP contribution in [-0.4, -0.2) is 16.8 Å². The first kappa shape index (κ1) is 13.2. The van der Waals surface area contributed by atoms with Crippen molar-refractivity contribution in [3.63, 3.8) is 0 Å². The summed E-state index contributed by atoms with van der Waals surface area (Å²) in [5.74, 6) is -0.240. The number of rotatable bonds is 4. The molecular formula is C13H15BrFN3. The molecule has 0 aliphatic carbocycles. The van der Waals surface area contributed by atoms with Crippen molar-refractivity contribution in [3.05, 3.63) is 52.0 Å². The third-order valence-electron chi connectivity index (χ3n) is 2.90. The minimum Gasteiger partial charge on any atom is -0.308 e. The first-order valence-electron chi connectivity index (χ1n) is 5.81. The smallest absolute Gasteiger partial charge is 0.123 e. The summed E-state index contributed by atoms with van der Waals surface area (Å²) in [5, 5.41) is 7.45. The standard InChI is InChI=1S/C13H15BrFN3/c1-3-18-12(6-7-17-18)13(16-2)10-8-9(15)4-5-11(10)14/h4-8,13,16H,3H2,1-2H3. The molecule has 1 unspecified atom stereocenters. The van der Waals surface area contributed by atoms with Crippen LogP contribution in [0.3, 0.4) is 0 Å². The number of aryl methyl sites for hydroxylation is 1. The number of nitrogens with zero attached hydrogens (tertiary/aromatic N) is 2. The normalized spacial score (nSPS) is 12.7. The fourth-order valence-electron chi connectivity index (χ4n) is 2.05. The SMILES string of the molecule is CCn1nccc1C(NC)c1cc(F)ccc1Br. The van der Waals surface area contributed by atoms with Crippen molar-refractivity contribution in [2.45, 2.75) is 19.5 Å². The Morgan fingerprint density at radius 1 is 1.44 bits per heavy atom. The van der Waals surface area contributed by atoms with Crippen molar-refractivity contribution < 1.29 is 4.39 Å². The van der Waals surface area contributed by atoms with Crippen LogP contribution in [-0.2, 0) is 6.54 Å². The molecule has 5 heteroatoms. The van der Waals surface area contributed by atoms with Gasteiger partial charge in [-0.05, 0) is 43.8 Å². The molecule has 0 saturated carbocycles. The van der Waals surface area contributed by atoms with Gasteiger partial charge in [0.15, 0.2) is 0 Å². The maximum Gasteiger partial charge on any atom is 0.123 e. The Labute approximate surface area is 114 Å². The average molecular weight is 312 g/mol. The maximum atomic E-state index is 13.4. The average Bonchev–Trinajstić information content (AvgIpc) is 2.83. The van der Waals surface area contributed by atoms with Crippen molar-refractivity contribution in [1.29, 1.82) is 0 Å². The molecule has 1 heterocycles. The third-order valence-corrected chi connectivity index (χ3v) is 3.62. The molecule has 0 spiro atoms. The zero-order chi connectivity index (χ0) is 13.1. The van der Waals surface area contributed by atoms with Gasteiger partial charge in [0.05, 0.1) is 11.7 Å². The van der Waals surface area contributed by atoms with E-state index in [1.165, 1.54) is 12.1 Å². The zero-order valence-electron chi connectivity index (χ0n) is 10.3. The first-order chi connectivity index (χ1) is 8.67. The number of hydrogen-bond acceptors (Lipinski definition) is 2. The lowest BCUT2D eigenvalue weighted by atomic mass is 10.0. The van der Waals surface area contributed by atoms with Crippen LogP contribution in [0.5, 0.6) is 0 Å². The molecule has 2 aromatic rings. The Hall–Kier alpha value is -1.20. The van der Waals surface area contributed by atoms with Crippen LogP contribution in [0.1, 0.15) is 24.2 Å². The molecule has 0 amide bonds. The number of nitrogens with one attached hydrogen (secondary N) is 1. The van der Waals surface area contributed by atoms with Crippen LogP contribution < -0.4 is 5.32 Å². The number of aromatic nitrogens is 2. The minimum atomic E-state index is -0.240. The summed E-state index contributed by atoms with van der Waals surface area (Å²) in [4.78, 5) is 0. The highest BCUT2D eigenvalue weighted by molar-refractivity contribution is 9.10. The van der Waals surface area contributed by atoms with E-state index in [1.807, 2.05) is 24.7 Å². The van der Waals surface area contributed by atoms with Crippen LogP contribution in [0, 0.1) is 5.82 Å². The largest absolute Gasteiger partial charge is 0.308 e. The van der Waals surface area contributed by atoms with Crippen LogP contribution in [0.25, 0.3) is 0 Å². The zero-order valence-corrected chi connectivity index (χ0v) is 11.9. The van der Waals surface area contributed by atoms with E-state index in [1.54, 1.807) is 12.3 Å². The van der Waals surface area contributed by atoms with Crippen LogP contribution in [0.15, 0.2) is 34.9 Å². The molecule has 18 heavy (non-hydrogen) atoms. The highest BCUT2D eigenvalue weighted by Crippen LogP contribution is 2.28. The van der Waals surface area contributed by atoms with Crippen molar-refractivity contribution >= 4 is 15.9 Å². The van der Waals surface area contributed by atoms with Crippen molar-refractivity contribution in [2.75, 3.05) is 7.05 Å². The maximum absolute atomic E-state index is 13.4. The number of benzene rings is 1. The molecule has 1 N–H and O–H groups in total. The van der Waals surface area contributed by atoms with Gasteiger partial charge in [-0.2, -0.15) is 5.10 Å². The Bertz CT molecular complexity index is 539. The van der Waals surface area contributed by atoms with E-state index in [4.69, 9.17) is 0 Å². The molecule has 3 nitrogen and oxygen atoms in total. The van der Waals surface area contributed by atoms with Crippen molar-refractivity contribution in [3.8, 4) is 0 Å². The second-order valence-corrected chi connectivity index (χ2v) is 4.81. The lowest BCUT2D eigenvalue weighted by Gasteiger charge is -2.19. The van der Waals surface area contributed by atoms with Gasteiger partial charge in [0.25, 0.3) is 0 Å². The van der Waals surface area contributed by atoms with E-state index in [0.717, 1.165) is 22.3 Å². The highest BCUT2D eigenvalue weighted by atomic mass is 79.9. The van der Waals surface area contributed by atoms with E-state index in [-0.39, 0.29) is 11.9 Å². The Morgan fingerprint density at radius 2 is 2.22 bits per heavy atom. The summed E-state index contributed by atoms with van der Waals surface area (Å²) < 4.78 is 16.2. The quantitative estimate of drug-likeness (QED) is 0.940. The van der Waals surface area contributed by atoms with Gasteiger partial charge >= 0.3 is 0 Å². The van der Waals surface area contributed by atoms with E-state index in [0.29, 0.717) is 0 Å². The van der Waals surface area contributed by atoms with E-state index in [9.17, 15) is 4.39 Å². The Balaban J connectivity index is 2.48. The van der Waals surface area contributed by atoms with Gasteiger partial charge in [-0.1, -0.05) is 15.9 Å². The molecule has 0 aliphatic heterocycles. The molecule has 1 aromatic heterocycles. The van der Waals surface area contributed by atoms with Gasteiger partial charge in [0, 0.05) is 17.2 Å². The molecular weight excluding hydrogens is 297 g/mol. The molecule has 0 fully saturated rings. The third kappa shape index (κ3) is 2.47. The van der Waals surface area contributed by atoms with Gasteiger partial charge in [0.1, 0.15) is 5.82 Å². The molecule has 0 aliphatic rings. The van der Waals surface area contributed by atoms with E-state index in [2.05, 4.69) is 26.3 Å². The summed E-state index contributed by atoms with van der Waals surface area (Å²) in [5.41, 5.74) is 1.89. The van der Waals surface area contributed by atoms with Gasteiger partial charge in [0.2, 0.25) is 0 Å². The van der Waals surface area contributed by atoms with Gasteiger partial charge in [-0.3, -0.25) is 4.68 Å². The summed E-state index contributed by atoms with van der Waals surface area (Å²) in [6.45, 7) is 2.82. The first-order valence-corrected chi connectivity index (χ1v) is 6.60. The van der Waals surface area contributed by atoms with Crippen LogP contribution in [0.2, 0.25) is 0 Å². The Morgan fingerprint density at radius 3 is 2.89 bits per heavy atom. The number of halogens is 2. The highest BCUT2D eigenvalue weighted by Gasteiger charge is 2.19. The molecule has 0 saturated heterocycles. The lowest BCUT2D eigenvalue weighted by molar-refractivity contribution is 0.557. The molecule has 1 atom stereocenters. The van der Waals surface area contributed by atoms with Crippen LogP contribution >= 0.6 is 15.9 Å². The second-order valence-electron chi connectivity index (χ2n) is 3.96. The number of hydrogen-bond donors (Lipinski definition) is 1. The molecule has 96 valence electrons. The van der Waals surface area contributed by atoms with Crippen molar-refractivity contribution in [1.82, 2.24) is 15.1 Å². The van der Waals surface area contributed by atoms with Gasteiger partial charge < -0.3 is 5.32 Å². The fraction of sp³-hybridized carbons (Fsp3) is 0.308. The predicted octanol–water partition coefficient (Wildman–Crippen LogP) is 3.11. The van der Waals surface area contributed by atoms with Gasteiger partial charge in [-0.15, -0.1) is 0 Å². The fourth-order valence-corrected chi connectivity index (χ4v) is 2.53. The second kappa shape index (κ2) is 5.63. The molecule has 0 radical (unpaired) electrons. The summed E-state index contributed by atoms with van der Waals surface area (Å²) >= 11 is 3.47.